The molecular weight excluding hydrogens is 385 g/mol. The number of alkyl halides is 3. The van der Waals surface area contributed by atoms with Crippen molar-refractivity contribution in [2.75, 3.05) is 0 Å². The highest BCUT2D eigenvalue weighted by molar-refractivity contribution is 5.65. The summed E-state index contributed by atoms with van der Waals surface area (Å²) in [4.78, 5) is 0. The zero-order valence-electron chi connectivity index (χ0n) is 16.4. The van der Waals surface area contributed by atoms with Gasteiger partial charge in [-0.2, -0.15) is 13.2 Å². The molecule has 0 spiro atoms. The summed E-state index contributed by atoms with van der Waals surface area (Å²) in [5, 5.41) is 3.57. The second-order valence-electron chi connectivity index (χ2n) is 8.30. The number of halogens is 3. The van der Waals surface area contributed by atoms with E-state index in [2.05, 4.69) is 11.4 Å². The van der Waals surface area contributed by atoms with Crippen LogP contribution in [0.25, 0.3) is 11.1 Å². The van der Waals surface area contributed by atoms with Crippen LogP contribution in [0, 0.1) is 0 Å². The van der Waals surface area contributed by atoms with E-state index in [0.29, 0.717) is 17.5 Å². The van der Waals surface area contributed by atoms with Crippen LogP contribution in [-0.2, 0) is 6.18 Å². The average Bonchev–Trinajstić information content (AvgIpc) is 3.44. The first-order valence-electron chi connectivity index (χ1n) is 10.3. The second-order valence-corrected chi connectivity index (χ2v) is 8.30. The van der Waals surface area contributed by atoms with Gasteiger partial charge in [0, 0.05) is 24.0 Å². The van der Waals surface area contributed by atoms with Crippen LogP contribution in [0.3, 0.4) is 0 Å². The van der Waals surface area contributed by atoms with E-state index >= 15 is 0 Å². The summed E-state index contributed by atoms with van der Waals surface area (Å²) >= 11 is 0. The van der Waals surface area contributed by atoms with Gasteiger partial charge in [-0.1, -0.05) is 66.7 Å². The summed E-state index contributed by atoms with van der Waals surface area (Å²) in [5.74, 6) is -0.129. The fourth-order valence-corrected chi connectivity index (χ4v) is 4.75. The molecule has 1 saturated carbocycles. The van der Waals surface area contributed by atoms with Crippen LogP contribution in [0.1, 0.15) is 53.1 Å². The van der Waals surface area contributed by atoms with Gasteiger partial charge in [0.25, 0.3) is 0 Å². The number of rotatable bonds is 4. The molecule has 4 unspecified atom stereocenters. The zero-order valence-corrected chi connectivity index (χ0v) is 16.4. The Morgan fingerprint density at radius 3 is 2.20 bits per heavy atom. The van der Waals surface area contributed by atoms with Crippen LogP contribution >= 0.6 is 0 Å². The molecule has 5 rings (SSSR count). The molecule has 0 aromatic heterocycles. The maximum Gasteiger partial charge on any atom is 0.416 e. The highest BCUT2D eigenvalue weighted by Gasteiger charge is 2.46. The maximum absolute atomic E-state index is 13.9. The predicted molar refractivity (Wildman–Crippen MR) is 112 cm³/mol. The van der Waals surface area contributed by atoms with Crippen LogP contribution in [0.2, 0.25) is 0 Å². The number of nitrogens with two attached hydrogens (primary N) is 1. The molecule has 2 aliphatic rings. The minimum atomic E-state index is -4.38. The minimum absolute atomic E-state index is 0.0215. The number of nitrogens with one attached hydrogen (secondary N) is 1. The molecule has 4 atom stereocenters. The van der Waals surface area contributed by atoms with Gasteiger partial charge < -0.3 is 11.1 Å². The van der Waals surface area contributed by atoms with Crippen LogP contribution in [0.5, 0.6) is 0 Å². The molecule has 0 bridgehead atoms. The molecule has 0 aliphatic heterocycles. The summed E-state index contributed by atoms with van der Waals surface area (Å²) in [5.41, 5.74) is 9.79. The Labute approximate surface area is 173 Å². The highest BCUT2D eigenvalue weighted by atomic mass is 19.4. The standard InChI is InChI=1S/C25H23F3N2/c26-25(27,28)21-12-16(15-6-2-1-3-7-15)10-11-17(21)20-13-23(20)30-24-14-22(29)18-8-4-5-9-19(18)24/h1-12,20,22-24,30H,13-14,29H2. The van der Waals surface area contributed by atoms with Crippen molar-refractivity contribution in [2.24, 2.45) is 5.73 Å². The van der Waals surface area contributed by atoms with Crippen molar-refractivity contribution in [3.05, 3.63) is 95.1 Å². The van der Waals surface area contributed by atoms with Gasteiger partial charge in [-0.15, -0.1) is 0 Å². The maximum atomic E-state index is 13.9. The molecule has 0 radical (unpaired) electrons. The molecular formula is C25H23F3N2. The number of hydrogen-bond acceptors (Lipinski definition) is 2. The Kier molecular flexibility index (Phi) is 4.68. The van der Waals surface area contributed by atoms with Gasteiger partial charge in [0.1, 0.15) is 0 Å². The van der Waals surface area contributed by atoms with Crippen molar-refractivity contribution in [1.29, 1.82) is 0 Å². The minimum Gasteiger partial charge on any atom is -0.324 e. The quantitative estimate of drug-likeness (QED) is 0.559. The van der Waals surface area contributed by atoms with E-state index in [-0.39, 0.29) is 24.0 Å². The SMILES string of the molecule is NC1CC(NC2CC2c2ccc(-c3ccccc3)cc2C(F)(F)F)c2ccccc21. The number of hydrogen-bond donors (Lipinski definition) is 2. The van der Waals surface area contributed by atoms with Crippen LogP contribution in [0.4, 0.5) is 13.2 Å². The van der Waals surface area contributed by atoms with Gasteiger partial charge in [0.05, 0.1) is 5.56 Å². The Morgan fingerprint density at radius 1 is 0.767 bits per heavy atom. The third-order valence-corrected chi connectivity index (χ3v) is 6.33. The largest absolute Gasteiger partial charge is 0.416 e. The van der Waals surface area contributed by atoms with Crippen molar-refractivity contribution in [3.63, 3.8) is 0 Å². The summed E-state index contributed by atoms with van der Waals surface area (Å²) in [7, 11) is 0. The van der Waals surface area contributed by atoms with Crippen LogP contribution in [0.15, 0.2) is 72.8 Å². The van der Waals surface area contributed by atoms with E-state index in [1.807, 2.05) is 48.5 Å². The third kappa shape index (κ3) is 3.53. The molecule has 154 valence electrons. The molecule has 0 amide bonds. The van der Waals surface area contributed by atoms with E-state index in [4.69, 9.17) is 5.73 Å². The molecule has 3 aromatic rings. The van der Waals surface area contributed by atoms with E-state index in [0.717, 1.165) is 17.5 Å². The Bertz CT molecular complexity index is 1060. The van der Waals surface area contributed by atoms with Gasteiger partial charge in [0.15, 0.2) is 0 Å². The fourth-order valence-electron chi connectivity index (χ4n) is 4.75. The Hall–Kier alpha value is -2.63. The Morgan fingerprint density at radius 2 is 1.47 bits per heavy atom. The Balaban J connectivity index is 1.39. The first-order valence-corrected chi connectivity index (χ1v) is 10.3. The molecule has 1 fully saturated rings. The lowest BCUT2D eigenvalue weighted by Crippen LogP contribution is -2.23. The highest BCUT2D eigenvalue weighted by Crippen LogP contribution is 2.49. The monoisotopic (exact) mass is 408 g/mol. The van der Waals surface area contributed by atoms with Gasteiger partial charge in [-0.25, -0.2) is 0 Å². The van der Waals surface area contributed by atoms with Crippen LogP contribution < -0.4 is 11.1 Å². The van der Waals surface area contributed by atoms with Crippen molar-refractivity contribution < 1.29 is 13.2 Å². The summed E-state index contributed by atoms with van der Waals surface area (Å²) in [6.07, 6.45) is -2.89. The molecule has 2 aliphatic carbocycles. The molecule has 2 nitrogen and oxygen atoms in total. The third-order valence-electron chi connectivity index (χ3n) is 6.33. The predicted octanol–water partition coefficient (Wildman–Crippen LogP) is 5.96. The first kappa shape index (κ1) is 19.3. The normalized spacial score (nSPS) is 25.2. The zero-order chi connectivity index (χ0) is 20.9. The van der Waals surface area contributed by atoms with Gasteiger partial charge in [-0.3, -0.25) is 0 Å². The lowest BCUT2D eigenvalue weighted by Gasteiger charge is -2.17. The average molecular weight is 408 g/mol. The second kappa shape index (κ2) is 7.25. The summed E-state index contributed by atoms with van der Waals surface area (Å²) < 4.78 is 41.6. The van der Waals surface area contributed by atoms with Gasteiger partial charge in [0.2, 0.25) is 0 Å². The number of fused-ring (bicyclic) bond motifs is 1. The van der Waals surface area contributed by atoms with E-state index < -0.39 is 11.7 Å². The van der Waals surface area contributed by atoms with Crippen molar-refractivity contribution in [3.8, 4) is 11.1 Å². The molecule has 3 aromatic carbocycles. The topological polar surface area (TPSA) is 38.0 Å². The lowest BCUT2D eigenvalue weighted by molar-refractivity contribution is -0.138. The summed E-state index contributed by atoms with van der Waals surface area (Å²) in [6.45, 7) is 0. The fraction of sp³-hybridized carbons (Fsp3) is 0.280. The molecule has 5 heteroatoms. The van der Waals surface area contributed by atoms with Crippen molar-refractivity contribution in [1.82, 2.24) is 5.32 Å². The van der Waals surface area contributed by atoms with Crippen molar-refractivity contribution >= 4 is 0 Å². The molecule has 0 heterocycles. The van der Waals surface area contributed by atoms with Gasteiger partial charge >= 0.3 is 6.18 Å². The molecule has 3 N–H and O–H groups in total. The lowest BCUT2D eigenvalue weighted by atomic mass is 9.96. The summed E-state index contributed by atoms with van der Waals surface area (Å²) in [6, 6.07) is 22.1. The van der Waals surface area contributed by atoms with E-state index in [1.54, 1.807) is 12.1 Å². The first-order chi connectivity index (χ1) is 14.4. The van der Waals surface area contributed by atoms with E-state index in [9.17, 15) is 13.2 Å². The van der Waals surface area contributed by atoms with Crippen LogP contribution in [-0.4, -0.2) is 6.04 Å². The molecule has 0 saturated heterocycles. The van der Waals surface area contributed by atoms with Gasteiger partial charge in [-0.05, 0) is 46.7 Å². The van der Waals surface area contributed by atoms with Crippen molar-refractivity contribution in [2.45, 2.75) is 43.1 Å². The molecule has 30 heavy (non-hydrogen) atoms. The van der Waals surface area contributed by atoms with E-state index in [1.165, 1.54) is 11.6 Å². The smallest absolute Gasteiger partial charge is 0.324 e. The number of benzene rings is 3.